The molecule has 0 aliphatic heterocycles. The van der Waals surface area contributed by atoms with Crippen molar-refractivity contribution in [2.24, 2.45) is 0 Å². The molecular weight excluding hydrogens is 294 g/mol. The molecular formula is C18H15NO4. The van der Waals surface area contributed by atoms with Gasteiger partial charge in [0.2, 0.25) is 5.89 Å². The number of oxazole rings is 1. The van der Waals surface area contributed by atoms with Crippen LogP contribution in [0.1, 0.15) is 5.69 Å². The fourth-order valence-corrected chi connectivity index (χ4v) is 2.11. The van der Waals surface area contributed by atoms with Crippen LogP contribution in [0.15, 0.2) is 65.3 Å². The molecule has 5 nitrogen and oxygen atoms in total. The minimum atomic E-state index is -0.428. The van der Waals surface area contributed by atoms with Crippen molar-refractivity contribution in [2.45, 2.75) is 6.42 Å². The van der Waals surface area contributed by atoms with E-state index >= 15 is 0 Å². The summed E-state index contributed by atoms with van der Waals surface area (Å²) in [5.41, 5.74) is 1.38. The van der Waals surface area contributed by atoms with E-state index in [1.807, 2.05) is 30.3 Å². The van der Waals surface area contributed by atoms with Crippen molar-refractivity contribution in [3.05, 3.63) is 66.6 Å². The second-order valence-electron chi connectivity index (χ2n) is 4.81. The highest BCUT2D eigenvalue weighted by Gasteiger charge is 2.14. The van der Waals surface area contributed by atoms with Crippen LogP contribution in [0.25, 0.3) is 11.5 Å². The molecule has 0 radical (unpaired) electrons. The highest BCUT2D eigenvalue weighted by Crippen LogP contribution is 2.26. The highest BCUT2D eigenvalue weighted by atomic mass is 16.6. The number of esters is 1. The van der Waals surface area contributed by atoms with Gasteiger partial charge in [0.25, 0.3) is 0 Å². The van der Waals surface area contributed by atoms with E-state index in [-0.39, 0.29) is 6.42 Å². The van der Waals surface area contributed by atoms with Gasteiger partial charge in [-0.1, -0.05) is 30.3 Å². The minimum absolute atomic E-state index is 0.0222. The molecule has 23 heavy (non-hydrogen) atoms. The Morgan fingerprint density at radius 1 is 1.04 bits per heavy atom. The molecule has 0 bridgehead atoms. The number of ether oxygens (including phenoxy) is 2. The van der Waals surface area contributed by atoms with Gasteiger partial charge in [-0.2, -0.15) is 0 Å². The number of carbonyl (C=O) groups excluding carboxylic acids is 1. The van der Waals surface area contributed by atoms with Crippen molar-refractivity contribution in [1.82, 2.24) is 4.98 Å². The Hall–Kier alpha value is -3.08. The summed E-state index contributed by atoms with van der Waals surface area (Å²) in [6.45, 7) is 0. The van der Waals surface area contributed by atoms with Gasteiger partial charge in [0.05, 0.1) is 19.2 Å². The van der Waals surface area contributed by atoms with Crippen LogP contribution in [-0.4, -0.2) is 18.1 Å². The van der Waals surface area contributed by atoms with Crippen molar-refractivity contribution in [3.8, 4) is 23.0 Å². The van der Waals surface area contributed by atoms with E-state index in [1.165, 1.54) is 13.4 Å². The van der Waals surface area contributed by atoms with Crippen LogP contribution in [0.5, 0.6) is 11.5 Å². The van der Waals surface area contributed by atoms with Crippen LogP contribution in [-0.2, 0) is 11.2 Å². The van der Waals surface area contributed by atoms with E-state index in [2.05, 4.69) is 4.98 Å². The number of hydrogen-bond donors (Lipinski definition) is 0. The number of rotatable bonds is 5. The van der Waals surface area contributed by atoms with Crippen LogP contribution in [0.4, 0.5) is 0 Å². The fourth-order valence-electron chi connectivity index (χ4n) is 2.11. The average Bonchev–Trinajstić information content (AvgIpc) is 3.04. The molecule has 116 valence electrons. The number of aromatic nitrogens is 1. The van der Waals surface area contributed by atoms with Crippen molar-refractivity contribution in [3.63, 3.8) is 0 Å². The average molecular weight is 309 g/mol. The zero-order valence-corrected chi connectivity index (χ0v) is 12.6. The molecule has 5 heteroatoms. The molecule has 0 fully saturated rings. The zero-order valence-electron chi connectivity index (χ0n) is 12.6. The predicted octanol–water partition coefficient (Wildman–Crippen LogP) is 3.50. The molecule has 0 atom stereocenters. The Morgan fingerprint density at radius 3 is 2.48 bits per heavy atom. The Labute approximate surface area is 133 Å². The molecule has 3 rings (SSSR count). The third kappa shape index (κ3) is 3.58. The normalized spacial score (nSPS) is 10.3. The lowest BCUT2D eigenvalue weighted by atomic mass is 10.2. The van der Waals surface area contributed by atoms with Gasteiger partial charge in [-0.05, 0) is 24.3 Å². The Morgan fingerprint density at radius 2 is 1.74 bits per heavy atom. The summed E-state index contributed by atoms with van der Waals surface area (Å²) in [7, 11) is 1.52. The summed E-state index contributed by atoms with van der Waals surface area (Å²) in [6.07, 6.45) is 1.49. The van der Waals surface area contributed by atoms with E-state index in [4.69, 9.17) is 13.9 Å². The second-order valence-corrected chi connectivity index (χ2v) is 4.81. The number of para-hydroxylation sites is 2. The number of nitrogens with zero attached hydrogens (tertiary/aromatic N) is 1. The van der Waals surface area contributed by atoms with Crippen molar-refractivity contribution in [2.75, 3.05) is 7.11 Å². The first-order chi connectivity index (χ1) is 11.3. The van der Waals surface area contributed by atoms with Gasteiger partial charge in [0.1, 0.15) is 6.26 Å². The van der Waals surface area contributed by atoms with E-state index in [9.17, 15) is 4.79 Å². The van der Waals surface area contributed by atoms with E-state index in [0.29, 0.717) is 23.1 Å². The molecule has 1 heterocycles. The highest BCUT2D eigenvalue weighted by molar-refractivity contribution is 5.75. The van der Waals surface area contributed by atoms with Gasteiger partial charge in [-0.15, -0.1) is 0 Å². The van der Waals surface area contributed by atoms with Crippen LogP contribution in [0.2, 0.25) is 0 Å². The molecule has 3 aromatic rings. The molecule has 0 spiro atoms. The molecule has 0 aliphatic rings. The van der Waals surface area contributed by atoms with Crippen LogP contribution in [0, 0.1) is 0 Å². The van der Waals surface area contributed by atoms with Crippen molar-refractivity contribution >= 4 is 5.97 Å². The summed E-state index contributed by atoms with van der Waals surface area (Å²) >= 11 is 0. The zero-order chi connectivity index (χ0) is 16.1. The molecule has 0 aliphatic carbocycles. The predicted molar refractivity (Wildman–Crippen MR) is 84.3 cm³/mol. The van der Waals surface area contributed by atoms with Gasteiger partial charge in [0, 0.05) is 5.56 Å². The largest absolute Gasteiger partial charge is 0.493 e. The smallest absolute Gasteiger partial charge is 0.317 e. The molecule has 0 saturated heterocycles. The Bertz CT molecular complexity index is 796. The fraction of sp³-hybridized carbons (Fsp3) is 0.111. The Balaban J connectivity index is 1.68. The van der Waals surface area contributed by atoms with Gasteiger partial charge >= 0.3 is 5.97 Å². The van der Waals surface area contributed by atoms with Gasteiger partial charge < -0.3 is 13.9 Å². The summed E-state index contributed by atoms with van der Waals surface area (Å²) in [6, 6.07) is 16.5. The maximum atomic E-state index is 12.0. The van der Waals surface area contributed by atoms with E-state index in [0.717, 1.165) is 5.56 Å². The quantitative estimate of drug-likeness (QED) is 0.533. The monoisotopic (exact) mass is 309 g/mol. The summed E-state index contributed by atoms with van der Waals surface area (Å²) in [4.78, 5) is 16.3. The first kappa shape index (κ1) is 14.8. The van der Waals surface area contributed by atoms with Gasteiger partial charge in [-0.3, -0.25) is 4.79 Å². The lowest BCUT2D eigenvalue weighted by Gasteiger charge is -2.07. The third-order valence-electron chi connectivity index (χ3n) is 3.19. The van der Waals surface area contributed by atoms with Crippen LogP contribution in [0.3, 0.4) is 0 Å². The standard InChI is InChI=1S/C18H15NO4/c1-21-15-9-5-6-10-16(15)23-17(20)11-14-12-22-18(19-14)13-7-3-2-4-8-13/h2-10,12H,11H2,1H3. The molecule has 0 N–H and O–H groups in total. The molecule has 0 unspecified atom stereocenters. The molecule has 1 aromatic heterocycles. The topological polar surface area (TPSA) is 61.6 Å². The number of methoxy groups -OCH3 is 1. The third-order valence-corrected chi connectivity index (χ3v) is 3.19. The lowest BCUT2D eigenvalue weighted by molar-refractivity contribution is -0.133. The minimum Gasteiger partial charge on any atom is -0.493 e. The maximum Gasteiger partial charge on any atom is 0.317 e. The first-order valence-corrected chi connectivity index (χ1v) is 7.10. The van der Waals surface area contributed by atoms with Crippen LogP contribution < -0.4 is 9.47 Å². The SMILES string of the molecule is COc1ccccc1OC(=O)Cc1coc(-c2ccccc2)n1. The van der Waals surface area contributed by atoms with Gasteiger partial charge in [0.15, 0.2) is 11.5 Å². The van der Waals surface area contributed by atoms with Crippen molar-refractivity contribution in [1.29, 1.82) is 0 Å². The van der Waals surface area contributed by atoms with Crippen LogP contribution >= 0.6 is 0 Å². The summed E-state index contributed by atoms with van der Waals surface area (Å²) in [5, 5.41) is 0. The second kappa shape index (κ2) is 6.79. The van der Waals surface area contributed by atoms with E-state index in [1.54, 1.807) is 24.3 Å². The van der Waals surface area contributed by atoms with Gasteiger partial charge in [-0.25, -0.2) is 4.98 Å². The first-order valence-electron chi connectivity index (χ1n) is 7.10. The Kier molecular flexibility index (Phi) is 4.38. The summed E-state index contributed by atoms with van der Waals surface area (Å²) < 4.78 is 15.9. The molecule has 2 aromatic carbocycles. The number of hydrogen-bond acceptors (Lipinski definition) is 5. The number of benzene rings is 2. The lowest BCUT2D eigenvalue weighted by Crippen LogP contribution is -2.12. The summed E-state index contributed by atoms with van der Waals surface area (Å²) in [5.74, 6) is 0.936. The van der Waals surface area contributed by atoms with Crippen molar-refractivity contribution < 1.29 is 18.7 Å². The van der Waals surface area contributed by atoms with E-state index < -0.39 is 5.97 Å². The number of carbonyl (C=O) groups is 1. The molecule has 0 saturated carbocycles. The molecule has 0 amide bonds. The maximum absolute atomic E-state index is 12.0.